The third-order valence-corrected chi connectivity index (χ3v) is 8.80. The number of pyridine rings is 2. The Labute approximate surface area is 216 Å². The van der Waals surface area contributed by atoms with E-state index >= 15 is 0 Å². The summed E-state index contributed by atoms with van der Waals surface area (Å²) in [5.41, 5.74) is 8.35. The number of hydrogen-bond acceptors (Lipinski definition) is 8. The minimum atomic E-state index is -0.223. The third kappa shape index (κ3) is 5.67. The van der Waals surface area contributed by atoms with Gasteiger partial charge in [0.1, 0.15) is 11.2 Å². The lowest BCUT2D eigenvalue weighted by molar-refractivity contribution is 0.216. The van der Waals surface area contributed by atoms with Crippen LogP contribution in [0.3, 0.4) is 0 Å². The van der Waals surface area contributed by atoms with Crippen LogP contribution in [-0.4, -0.2) is 40.5 Å². The quantitative estimate of drug-likeness (QED) is 0.386. The van der Waals surface area contributed by atoms with Crippen LogP contribution in [0.4, 0.5) is 5.82 Å². The van der Waals surface area contributed by atoms with Gasteiger partial charge in [-0.15, -0.1) is 11.8 Å². The Balaban J connectivity index is 1.48. The number of ether oxygens (including phenoxy) is 1. The molecule has 0 saturated carbocycles. The summed E-state index contributed by atoms with van der Waals surface area (Å²) in [6.07, 6.45) is 6.16. The Morgan fingerprint density at radius 2 is 1.86 bits per heavy atom. The number of anilines is 1. The molecular formula is C27H31N5OS2. The highest BCUT2D eigenvalue weighted by molar-refractivity contribution is 8.03. The van der Waals surface area contributed by atoms with Gasteiger partial charge < -0.3 is 20.3 Å². The Bertz CT molecular complexity index is 1150. The van der Waals surface area contributed by atoms with Gasteiger partial charge in [-0.1, -0.05) is 36.0 Å². The molecule has 0 amide bonds. The maximum absolute atomic E-state index is 6.39. The van der Waals surface area contributed by atoms with Crippen molar-refractivity contribution < 1.29 is 4.74 Å². The van der Waals surface area contributed by atoms with Gasteiger partial charge in [0.15, 0.2) is 11.6 Å². The van der Waals surface area contributed by atoms with E-state index in [0.29, 0.717) is 11.7 Å². The normalized spacial score (nSPS) is 20.0. The average molecular weight is 506 g/mol. The van der Waals surface area contributed by atoms with Crippen molar-refractivity contribution in [2.24, 2.45) is 11.7 Å². The van der Waals surface area contributed by atoms with Gasteiger partial charge in [-0.05, 0) is 81.6 Å². The maximum Gasteiger partial charge on any atom is 0.178 e. The Morgan fingerprint density at radius 3 is 2.54 bits per heavy atom. The van der Waals surface area contributed by atoms with Crippen LogP contribution in [0.5, 0.6) is 11.5 Å². The summed E-state index contributed by atoms with van der Waals surface area (Å²) in [4.78, 5) is 15.1. The zero-order valence-corrected chi connectivity index (χ0v) is 21.7. The Morgan fingerprint density at radius 1 is 1.09 bits per heavy atom. The molecule has 2 aliphatic rings. The van der Waals surface area contributed by atoms with Gasteiger partial charge >= 0.3 is 0 Å². The summed E-state index contributed by atoms with van der Waals surface area (Å²) in [5.74, 6) is 2.77. The van der Waals surface area contributed by atoms with E-state index in [0.717, 1.165) is 53.8 Å². The number of piperidine rings is 1. The van der Waals surface area contributed by atoms with Crippen molar-refractivity contribution in [3.05, 3.63) is 83.8 Å². The first kappa shape index (κ1) is 24.2. The fourth-order valence-corrected chi connectivity index (χ4v) is 6.69. The number of thioether (sulfide) groups is 2. The molecule has 6 nitrogen and oxygen atoms in total. The van der Waals surface area contributed by atoms with Crippen LogP contribution >= 0.6 is 23.5 Å². The minimum Gasteiger partial charge on any atom is -0.453 e. The topological polar surface area (TPSA) is 67.5 Å². The second-order valence-electron chi connectivity index (χ2n) is 9.00. The molecule has 0 aliphatic carbocycles. The zero-order chi connectivity index (χ0) is 24.2. The molecule has 0 spiro atoms. The van der Waals surface area contributed by atoms with Crippen molar-refractivity contribution in [2.45, 2.75) is 35.4 Å². The monoisotopic (exact) mass is 505 g/mol. The zero-order valence-electron chi connectivity index (χ0n) is 20.1. The molecular weight excluding hydrogens is 474 g/mol. The molecule has 0 radical (unpaired) electrons. The number of benzene rings is 1. The van der Waals surface area contributed by atoms with Crippen molar-refractivity contribution in [3.63, 3.8) is 0 Å². The minimum absolute atomic E-state index is 0.223. The van der Waals surface area contributed by atoms with Gasteiger partial charge in [0.2, 0.25) is 0 Å². The molecule has 1 aromatic carbocycles. The van der Waals surface area contributed by atoms with Crippen LogP contribution in [0.25, 0.3) is 0 Å². The van der Waals surface area contributed by atoms with Gasteiger partial charge in [-0.2, -0.15) is 0 Å². The van der Waals surface area contributed by atoms with Gasteiger partial charge in [-0.3, -0.25) is 4.98 Å². The maximum atomic E-state index is 6.39. The van der Waals surface area contributed by atoms with Crippen molar-refractivity contribution in [1.82, 2.24) is 14.9 Å². The predicted octanol–water partition coefficient (Wildman–Crippen LogP) is 6.10. The van der Waals surface area contributed by atoms with Crippen molar-refractivity contribution >= 4 is 29.3 Å². The number of para-hydroxylation sites is 1. The van der Waals surface area contributed by atoms with Crippen LogP contribution in [0, 0.1) is 5.92 Å². The largest absolute Gasteiger partial charge is 0.453 e. The molecule has 2 aliphatic heterocycles. The highest BCUT2D eigenvalue weighted by Gasteiger charge is 2.30. The molecule has 8 heteroatoms. The van der Waals surface area contributed by atoms with Crippen molar-refractivity contribution in [3.8, 4) is 11.5 Å². The lowest BCUT2D eigenvalue weighted by Crippen LogP contribution is -2.35. The second kappa shape index (κ2) is 11.0. The van der Waals surface area contributed by atoms with E-state index in [2.05, 4.69) is 35.6 Å². The van der Waals surface area contributed by atoms with E-state index in [1.54, 1.807) is 11.8 Å². The van der Waals surface area contributed by atoms with E-state index < -0.39 is 0 Å². The number of nitrogens with two attached hydrogens (primary N) is 1. The molecule has 2 aromatic heterocycles. The lowest BCUT2D eigenvalue weighted by atomic mass is 9.91. The van der Waals surface area contributed by atoms with Crippen LogP contribution in [-0.2, 0) is 0 Å². The van der Waals surface area contributed by atoms with Crippen LogP contribution in [0.15, 0.2) is 83.0 Å². The summed E-state index contributed by atoms with van der Waals surface area (Å²) in [5, 5.41) is 2.33. The van der Waals surface area contributed by atoms with Gasteiger partial charge in [-0.25, -0.2) is 4.98 Å². The molecule has 3 aromatic rings. The van der Waals surface area contributed by atoms with E-state index in [1.165, 1.54) is 0 Å². The highest BCUT2D eigenvalue weighted by Crippen LogP contribution is 2.46. The number of hydrogen-bond donors (Lipinski definition) is 1. The molecule has 2 unspecified atom stereocenters. The fraction of sp³-hybridized carbons (Fsp3) is 0.333. The number of nitrogens with zero attached hydrogens (tertiary/aromatic N) is 4. The van der Waals surface area contributed by atoms with E-state index in [9.17, 15) is 0 Å². The SMILES string of the molecule is CC1=CSC(N)N1c1ncc(SC(c2ccccn2)C2CCN(C)CC2)cc1Oc1ccccc1. The number of likely N-dealkylation sites (tertiary alicyclic amines) is 1. The second-order valence-corrected chi connectivity index (χ2v) is 11.2. The van der Waals surface area contributed by atoms with Crippen molar-refractivity contribution in [2.75, 3.05) is 25.0 Å². The first-order valence-electron chi connectivity index (χ1n) is 11.9. The first-order chi connectivity index (χ1) is 17.1. The number of rotatable bonds is 7. The lowest BCUT2D eigenvalue weighted by Gasteiger charge is -2.34. The summed E-state index contributed by atoms with van der Waals surface area (Å²) in [7, 11) is 2.20. The van der Waals surface area contributed by atoms with Crippen LogP contribution in [0.2, 0.25) is 0 Å². The summed E-state index contributed by atoms with van der Waals surface area (Å²) in [6.45, 7) is 4.28. The molecule has 2 atom stereocenters. The number of aromatic nitrogens is 2. The standard InChI is InChI=1S/C27H31N5OS2/c1-19-18-34-27(28)32(19)26-24(33-21-8-4-3-5-9-21)16-22(17-30-26)35-25(23-10-6-7-13-29-23)20-11-14-31(2)15-12-20/h3-10,13,16-18,20,25,27H,11-12,14-15,28H2,1-2H3. The van der Waals surface area contributed by atoms with Crippen molar-refractivity contribution in [1.29, 1.82) is 0 Å². The van der Waals surface area contributed by atoms with E-state index in [1.807, 2.05) is 72.4 Å². The third-order valence-electron chi connectivity index (χ3n) is 6.45. The first-order valence-corrected chi connectivity index (χ1v) is 13.8. The van der Waals surface area contributed by atoms with Crippen LogP contribution in [0.1, 0.15) is 30.7 Å². The summed E-state index contributed by atoms with van der Waals surface area (Å²) >= 11 is 3.42. The highest BCUT2D eigenvalue weighted by atomic mass is 32.2. The van der Waals surface area contributed by atoms with Gasteiger partial charge in [0.25, 0.3) is 0 Å². The number of allylic oxidation sites excluding steroid dienone is 1. The average Bonchev–Trinajstić information content (AvgIpc) is 3.22. The molecule has 5 rings (SSSR count). The molecule has 1 saturated heterocycles. The fourth-order valence-electron chi connectivity index (χ4n) is 4.55. The summed E-state index contributed by atoms with van der Waals surface area (Å²) in [6, 6.07) is 18.2. The predicted molar refractivity (Wildman–Crippen MR) is 146 cm³/mol. The Kier molecular flexibility index (Phi) is 7.63. The Hall–Kier alpha value is -2.52. The van der Waals surface area contributed by atoms with Gasteiger partial charge in [0, 0.05) is 23.0 Å². The molecule has 35 heavy (non-hydrogen) atoms. The molecule has 182 valence electrons. The van der Waals surface area contributed by atoms with Crippen LogP contribution < -0.4 is 15.4 Å². The van der Waals surface area contributed by atoms with Gasteiger partial charge in [0.05, 0.1) is 10.9 Å². The van der Waals surface area contributed by atoms with E-state index in [4.69, 9.17) is 20.4 Å². The summed E-state index contributed by atoms with van der Waals surface area (Å²) < 4.78 is 6.37. The molecule has 0 bridgehead atoms. The molecule has 4 heterocycles. The smallest absolute Gasteiger partial charge is 0.178 e. The van der Waals surface area contributed by atoms with E-state index in [-0.39, 0.29) is 10.7 Å². The molecule has 1 fully saturated rings. The molecule has 2 N–H and O–H groups in total.